The molecule has 3 aromatic rings. The minimum absolute atomic E-state index is 0.227. The first-order valence-corrected chi connectivity index (χ1v) is 10.6. The topological polar surface area (TPSA) is 71.0 Å². The maximum atomic E-state index is 13.0. The third kappa shape index (κ3) is 5.49. The van der Waals surface area contributed by atoms with Gasteiger partial charge >= 0.3 is 0 Å². The van der Waals surface area contributed by atoms with Gasteiger partial charge in [0.2, 0.25) is 0 Å². The minimum Gasteiger partial charge on any atom is -0.348 e. The summed E-state index contributed by atoms with van der Waals surface area (Å²) in [6, 6.07) is 10.1. The molecule has 0 bridgehead atoms. The summed E-state index contributed by atoms with van der Waals surface area (Å²) in [7, 11) is 0. The number of amides is 1. The SMILES string of the molecule is Cc1nc([C@H]2CCCN(Cc3cccnc3)C2)ncc1C(=O)NCc1ccc(F)cc1. The van der Waals surface area contributed by atoms with Gasteiger partial charge in [0, 0.05) is 44.1 Å². The van der Waals surface area contributed by atoms with Crippen LogP contribution in [0.25, 0.3) is 0 Å². The minimum atomic E-state index is -0.295. The van der Waals surface area contributed by atoms with Gasteiger partial charge in [0.1, 0.15) is 11.6 Å². The zero-order valence-corrected chi connectivity index (χ0v) is 17.6. The summed E-state index contributed by atoms with van der Waals surface area (Å²) in [6.45, 7) is 4.98. The number of piperidine rings is 1. The van der Waals surface area contributed by atoms with Crippen molar-refractivity contribution in [3.8, 4) is 0 Å². The Hall–Kier alpha value is -3.19. The highest BCUT2D eigenvalue weighted by Gasteiger charge is 2.24. The lowest BCUT2D eigenvalue weighted by Crippen LogP contribution is -2.34. The van der Waals surface area contributed by atoms with Gasteiger partial charge in [-0.3, -0.25) is 14.7 Å². The molecule has 2 aromatic heterocycles. The van der Waals surface area contributed by atoms with Gasteiger partial charge < -0.3 is 5.32 Å². The van der Waals surface area contributed by atoms with E-state index in [1.807, 2.05) is 19.2 Å². The second-order valence-electron chi connectivity index (χ2n) is 7.97. The van der Waals surface area contributed by atoms with Crippen LogP contribution in [-0.4, -0.2) is 38.8 Å². The van der Waals surface area contributed by atoms with Crippen molar-refractivity contribution < 1.29 is 9.18 Å². The normalized spacial score (nSPS) is 16.8. The number of pyridine rings is 1. The van der Waals surface area contributed by atoms with Gasteiger partial charge in [-0.2, -0.15) is 0 Å². The van der Waals surface area contributed by atoms with E-state index in [-0.39, 0.29) is 17.6 Å². The standard InChI is InChI=1S/C24H26FN5O/c1-17-22(24(31)28-13-18-6-8-21(25)9-7-18)14-27-23(29-17)20-5-3-11-30(16-20)15-19-4-2-10-26-12-19/h2,4,6-10,12,14,20H,3,5,11,13,15-16H2,1H3,(H,28,31)/t20-/m0/s1. The molecule has 3 heterocycles. The van der Waals surface area contributed by atoms with Crippen LogP contribution in [0.15, 0.2) is 55.0 Å². The fourth-order valence-corrected chi connectivity index (χ4v) is 3.94. The van der Waals surface area contributed by atoms with E-state index in [0.717, 1.165) is 43.9 Å². The highest BCUT2D eigenvalue weighted by molar-refractivity contribution is 5.94. The lowest BCUT2D eigenvalue weighted by atomic mass is 9.96. The van der Waals surface area contributed by atoms with Crippen LogP contribution in [0.5, 0.6) is 0 Å². The Bertz CT molecular complexity index is 1030. The second-order valence-corrected chi connectivity index (χ2v) is 7.97. The first-order valence-electron chi connectivity index (χ1n) is 10.6. The van der Waals surface area contributed by atoms with E-state index in [2.05, 4.69) is 31.2 Å². The van der Waals surface area contributed by atoms with Crippen molar-refractivity contribution in [1.82, 2.24) is 25.2 Å². The molecule has 4 rings (SSSR count). The Labute approximate surface area is 181 Å². The van der Waals surface area contributed by atoms with Gasteiger partial charge in [-0.15, -0.1) is 0 Å². The lowest BCUT2D eigenvalue weighted by molar-refractivity contribution is 0.0949. The summed E-state index contributed by atoms with van der Waals surface area (Å²) in [5, 5.41) is 2.85. The third-order valence-corrected chi connectivity index (χ3v) is 5.61. The van der Waals surface area contributed by atoms with E-state index in [1.165, 1.54) is 17.7 Å². The molecule has 160 valence electrons. The number of likely N-dealkylation sites (tertiary alicyclic amines) is 1. The van der Waals surface area contributed by atoms with Gasteiger partial charge in [-0.25, -0.2) is 14.4 Å². The van der Waals surface area contributed by atoms with Gasteiger partial charge in [0.25, 0.3) is 5.91 Å². The molecule has 1 aromatic carbocycles. The van der Waals surface area contributed by atoms with E-state index in [0.29, 0.717) is 17.8 Å². The maximum absolute atomic E-state index is 13.0. The number of rotatable bonds is 6. The van der Waals surface area contributed by atoms with Crippen LogP contribution >= 0.6 is 0 Å². The van der Waals surface area contributed by atoms with Crippen LogP contribution in [0.1, 0.15) is 51.8 Å². The molecule has 0 aliphatic carbocycles. The van der Waals surface area contributed by atoms with Crippen LogP contribution in [0.2, 0.25) is 0 Å². The Kier molecular flexibility index (Phi) is 6.62. The Morgan fingerprint density at radius 1 is 1.19 bits per heavy atom. The first-order chi connectivity index (χ1) is 15.1. The number of nitrogens with one attached hydrogen (secondary N) is 1. The smallest absolute Gasteiger partial charge is 0.254 e. The highest BCUT2D eigenvalue weighted by atomic mass is 19.1. The molecular formula is C24H26FN5O. The van der Waals surface area contributed by atoms with Crippen LogP contribution in [0.4, 0.5) is 4.39 Å². The quantitative estimate of drug-likeness (QED) is 0.661. The van der Waals surface area contributed by atoms with E-state index < -0.39 is 0 Å². The molecule has 1 saturated heterocycles. The van der Waals surface area contributed by atoms with E-state index in [9.17, 15) is 9.18 Å². The lowest BCUT2D eigenvalue weighted by Gasteiger charge is -2.32. The molecule has 1 atom stereocenters. The molecular weight excluding hydrogens is 393 g/mol. The number of carbonyl (C=O) groups is 1. The molecule has 7 heteroatoms. The zero-order valence-electron chi connectivity index (χ0n) is 17.6. The summed E-state index contributed by atoms with van der Waals surface area (Å²) in [4.78, 5) is 28.4. The highest BCUT2D eigenvalue weighted by Crippen LogP contribution is 2.26. The molecule has 1 N–H and O–H groups in total. The molecule has 1 amide bonds. The van der Waals surface area contributed by atoms with Crippen LogP contribution in [0, 0.1) is 12.7 Å². The maximum Gasteiger partial charge on any atom is 0.254 e. The molecule has 1 aliphatic heterocycles. The Balaban J connectivity index is 1.38. The predicted octanol–water partition coefficient (Wildman–Crippen LogP) is 3.63. The molecule has 6 nitrogen and oxygen atoms in total. The van der Waals surface area contributed by atoms with Crippen molar-refractivity contribution in [2.45, 2.75) is 38.8 Å². The van der Waals surface area contributed by atoms with Crippen LogP contribution in [-0.2, 0) is 13.1 Å². The fourth-order valence-electron chi connectivity index (χ4n) is 3.94. The van der Waals surface area contributed by atoms with Crippen molar-refractivity contribution in [3.05, 3.63) is 89.0 Å². The molecule has 1 aliphatic rings. The molecule has 1 fully saturated rings. The van der Waals surface area contributed by atoms with Gasteiger partial charge in [-0.05, 0) is 55.6 Å². The van der Waals surface area contributed by atoms with Crippen molar-refractivity contribution in [2.24, 2.45) is 0 Å². The molecule has 0 saturated carbocycles. The van der Waals surface area contributed by atoms with Crippen molar-refractivity contribution in [2.75, 3.05) is 13.1 Å². The molecule has 0 spiro atoms. The summed E-state index contributed by atoms with van der Waals surface area (Å²) < 4.78 is 13.0. The average molecular weight is 420 g/mol. The number of carbonyl (C=O) groups excluding carboxylic acids is 1. The van der Waals surface area contributed by atoms with Crippen LogP contribution in [0.3, 0.4) is 0 Å². The number of aryl methyl sites for hydroxylation is 1. The van der Waals surface area contributed by atoms with E-state index >= 15 is 0 Å². The van der Waals surface area contributed by atoms with E-state index in [1.54, 1.807) is 24.5 Å². The Morgan fingerprint density at radius 3 is 2.77 bits per heavy atom. The first kappa shape index (κ1) is 21.1. The second kappa shape index (κ2) is 9.75. The average Bonchev–Trinajstić information content (AvgIpc) is 2.79. The molecule has 31 heavy (non-hydrogen) atoms. The zero-order chi connectivity index (χ0) is 21.6. The third-order valence-electron chi connectivity index (χ3n) is 5.61. The van der Waals surface area contributed by atoms with Crippen LogP contribution < -0.4 is 5.32 Å². The summed E-state index contributed by atoms with van der Waals surface area (Å²) in [6.07, 6.45) is 7.45. The number of nitrogens with zero attached hydrogens (tertiary/aromatic N) is 4. The monoisotopic (exact) mass is 419 g/mol. The van der Waals surface area contributed by atoms with Crippen molar-refractivity contribution >= 4 is 5.91 Å². The summed E-state index contributed by atoms with van der Waals surface area (Å²) in [5.41, 5.74) is 3.18. The summed E-state index contributed by atoms with van der Waals surface area (Å²) in [5.74, 6) is 0.524. The van der Waals surface area contributed by atoms with Gasteiger partial charge in [-0.1, -0.05) is 18.2 Å². The Morgan fingerprint density at radius 2 is 2.03 bits per heavy atom. The van der Waals surface area contributed by atoms with E-state index in [4.69, 9.17) is 0 Å². The van der Waals surface area contributed by atoms with Crippen molar-refractivity contribution in [1.29, 1.82) is 0 Å². The number of hydrogen-bond acceptors (Lipinski definition) is 5. The summed E-state index contributed by atoms with van der Waals surface area (Å²) >= 11 is 0. The fraction of sp³-hybridized carbons (Fsp3) is 0.333. The van der Waals surface area contributed by atoms with Crippen molar-refractivity contribution in [3.63, 3.8) is 0 Å². The molecule has 0 unspecified atom stereocenters. The van der Waals surface area contributed by atoms with Gasteiger partial charge in [0.15, 0.2) is 0 Å². The number of halogens is 1. The molecule has 0 radical (unpaired) electrons. The largest absolute Gasteiger partial charge is 0.348 e. The number of aromatic nitrogens is 3. The number of benzene rings is 1. The number of hydrogen-bond donors (Lipinski definition) is 1. The van der Waals surface area contributed by atoms with Gasteiger partial charge in [0.05, 0.1) is 11.3 Å². The predicted molar refractivity (Wildman–Crippen MR) is 116 cm³/mol.